The van der Waals surface area contributed by atoms with E-state index in [4.69, 9.17) is 4.74 Å². The van der Waals surface area contributed by atoms with Crippen molar-refractivity contribution in [1.29, 1.82) is 5.26 Å². The second-order valence-electron chi connectivity index (χ2n) is 7.64. The van der Waals surface area contributed by atoms with E-state index >= 15 is 0 Å². The number of rotatable bonds is 9. The summed E-state index contributed by atoms with van der Waals surface area (Å²) in [5, 5.41) is 29.3. The normalized spacial score (nSPS) is 12.7. The number of para-hydroxylation sites is 2. The number of ether oxygens (including phenoxy) is 1. The van der Waals surface area contributed by atoms with Crippen molar-refractivity contribution in [2.75, 3.05) is 0 Å². The van der Waals surface area contributed by atoms with Crippen LogP contribution in [0.4, 0.5) is 0 Å². The third-order valence-electron chi connectivity index (χ3n) is 5.12. The first-order valence-electron chi connectivity index (χ1n) is 10.7. The molecule has 172 valence electrons. The summed E-state index contributed by atoms with van der Waals surface area (Å²) in [5.41, 5.74) is 2.72. The van der Waals surface area contributed by atoms with Gasteiger partial charge in [-0.15, -0.1) is 16.8 Å². The summed E-state index contributed by atoms with van der Waals surface area (Å²) in [6.45, 7) is 8.35. The lowest BCUT2D eigenvalue weighted by molar-refractivity contribution is 0.289. The number of nitrogens with zero attached hydrogens (tertiary/aromatic N) is 5. The molecular formula is C25H24N6O2S. The number of H-pyrrole nitrogens is 1. The maximum Gasteiger partial charge on any atom is 0.192 e. The van der Waals surface area contributed by atoms with Gasteiger partial charge < -0.3 is 14.8 Å². The predicted octanol–water partition coefficient (Wildman–Crippen LogP) is 5.20. The molecule has 0 fully saturated rings. The van der Waals surface area contributed by atoms with Crippen molar-refractivity contribution in [3.63, 3.8) is 0 Å². The van der Waals surface area contributed by atoms with Crippen LogP contribution in [0.1, 0.15) is 24.1 Å². The van der Waals surface area contributed by atoms with E-state index in [9.17, 15) is 10.4 Å². The highest BCUT2D eigenvalue weighted by Crippen LogP contribution is 2.30. The van der Waals surface area contributed by atoms with E-state index in [1.807, 2.05) is 60.0 Å². The number of hydrogen-bond acceptors (Lipinski definition) is 7. The van der Waals surface area contributed by atoms with Crippen molar-refractivity contribution in [3.8, 4) is 11.8 Å². The first kappa shape index (κ1) is 23.1. The molecule has 0 aliphatic rings. The molecule has 4 rings (SSSR count). The van der Waals surface area contributed by atoms with Crippen LogP contribution in [0.5, 0.6) is 5.75 Å². The number of fused-ring (bicyclic) bond motifs is 1. The van der Waals surface area contributed by atoms with Gasteiger partial charge in [0.15, 0.2) is 16.8 Å². The zero-order chi connectivity index (χ0) is 24.1. The highest BCUT2D eigenvalue weighted by Gasteiger charge is 2.22. The largest absolute Gasteiger partial charge is 0.510 e. The summed E-state index contributed by atoms with van der Waals surface area (Å²) < 4.78 is 7.77. The molecular weight excluding hydrogens is 448 g/mol. The molecule has 0 saturated heterocycles. The standard InChI is InChI=1S/C25H24N6O2S/c1-4-12-31-22(15-33-18-9-7-8-16(2)13-18)29-30-25(31)34-17(3)23(32)19(14-26)24-27-20-10-5-6-11-21(20)28-24/h4-11,13,17,32H,1,12,15H2,2-3H3,(H,27,28)/b23-19-. The van der Waals surface area contributed by atoms with Gasteiger partial charge in [0.25, 0.3) is 0 Å². The number of nitriles is 1. The number of thioether (sulfide) groups is 1. The molecule has 2 heterocycles. The minimum atomic E-state index is -0.471. The Morgan fingerprint density at radius 3 is 2.85 bits per heavy atom. The Balaban J connectivity index is 1.55. The van der Waals surface area contributed by atoms with Gasteiger partial charge in [0.2, 0.25) is 0 Å². The van der Waals surface area contributed by atoms with Crippen LogP contribution in [0, 0.1) is 18.3 Å². The molecule has 0 bridgehead atoms. The zero-order valence-electron chi connectivity index (χ0n) is 18.9. The number of aryl methyl sites for hydroxylation is 1. The smallest absolute Gasteiger partial charge is 0.192 e. The van der Waals surface area contributed by atoms with Gasteiger partial charge in [-0.1, -0.05) is 42.1 Å². The van der Waals surface area contributed by atoms with Crippen LogP contribution in [0.2, 0.25) is 0 Å². The number of hydrogen-bond donors (Lipinski definition) is 2. The molecule has 0 aliphatic heterocycles. The molecule has 0 saturated carbocycles. The second-order valence-corrected chi connectivity index (χ2v) is 8.95. The fraction of sp³-hybridized carbons (Fsp3) is 0.200. The number of allylic oxidation sites excluding steroid dienone is 2. The number of aliphatic hydroxyl groups is 1. The fourth-order valence-corrected chi connectivity index (χ4v) is 4.34. The first-order chi connectivity index (χ1) is 16.5. The maximum atomic E-state index is 10.9. The Bertz CT molecular complexity index is 1360. The summed E-state index contributed by atoms with van der Waals surface area (Å²) in [6.07, 6.45) is 1.75. The number of aliphatic hydroxyl groups excluding tert-OH is 1. The van der Waals surface area contributed by atoms with Gasteiger partial charge in [0.05, 0.1) is 16.3 Å². The molecule has 9 heteroatoms. The highest BCUT2D eigenvalue weighted by atomic mass is 32.2. The molecule has 8 nitrogen and oxygen atoms in total. The van der Waals surface area contributed by atoms with Gasteiger partial charge >= 0.3 is 0 Å². The van der Waals surface area contributed by atoms with Crippen molar-refractivity contribution in [2.45, 2.75) is 37.4 Å². The van der Waals surface area contributed by atoms with Crippen LogP contribution >= 0.6 is 11.8 Å². The number of aromatic nitrogens is 5. The van der Waals surface area contributed by atoms with E-state index in [1.165, 1.54) is 11.8 Å². The highest BCUT2D eigenvalue weighted by molar-refractivity contribution is 7.99. The van der Waals surface area contributed by atoms with E-state index in [0.29, 0.717) is 23.4 Å². The van der Waals surface area contributed by atoms with Crippen molar-refractivity contribution in [1.82, 2.24) is 24.7 Å². The van der Waals surface area contributed by atoms with Gasteiger partial charge in [-0.2, -0.15) is 5.26 Å². The number of benzene rings is 2. The third-order valence-corrected chi connectivity index (χ3v) is 6.21. The molecule has 1 atom stereocenters. The Morgan fingerprint density at radius 2 is 2.12 bits per heavy atom. The summed E-state index contributed by atoms with van der Waals surface area (Å²) in [6, 6.07) is 17.3. The maximum absolute atomic E-state index is 10.9. The average Bonchev–Trinajstić information content (AvgIpc) is 3.42. The monoisotopic (exact) mass is 472 g/mol. The van der Waals surface area contributed by atoms with E-state index in [1.54, 1.807) is 13.0 Å². The topological polar surface area (TPSA) is 113 Å². The first-order valence-corrected chi connectivity index (χ1v) is 11.6. The zero-order valence-corrected chi connectivity index (χ0v) is 19.7. The molecule has 4 aromatic rings. The quantitative estimate of drug-likeness (QED) is 0.149. The Morgan fingerprint density at radius 1 is 1.29 bits per heavy atom. The van der Waals surface area contributed by atoms with Crippen molar-refractivity contribution >= 4 is 28.4 Å². The van der Waals surface area contributed by atoms with E-state index in [0.717, 1.165) is 22.3 Å². The average molecular weight is 473 g/mol. The molecule has 0 aliphatic carbocycles. The summed E-state index contributed by atoms with van der Waals surface area (Å²) in [5.74, 6) is 1.63. The Kier molecular flexibility index (Phi) is 6.99. The van der Waals surface area contributed by atoms with Crippen LogP contribution in [0.25, 0.3) is 16.6 Å². The van der Waals surface area contributed by atoms with Crippen LogP contribution in [0.3, 0.4) is 0 Å². The van der Waals surface area contributed by atoms with Crippen molar-refractivity contribution in [2.24, 2.45) is 0 Å². The molecule has 0 spiro atoms. The van der Waals surface area contributed by atoms with Crippen LogP contribution in [0.15, 0.2) is 72.1 Å². The van der Waals surface area contributed by atoms with Gasteiger partial charge in [-0.05, 0) is 43.7 Å². The third kappa shape index (κ3) is 4.97. The van der Waals surface area contributed by atoms with Crippen molar-refractivity contribution < 1.29 is 9.84 Å². The minimum Gasteiger partial charge on any atom is -0.510 e. The van der Waals surface area contributed by atoms with Gasteiger partial charge in [0, 0.05) is 6.54 Å². The van der Waals surface area contributed by atoms with Gasteiger partial charge in [-0.3, -0.25) is 4.57 Å². The lowest BCUT2D eigenvalue weighted by Gasteiger charge is -2.13. The van der Waals surface area contributed by atoms with E-state index < -0.39 is 5.25 Å². The number of nitrogens with one attached hydrogen (secondary N) is 1. The Hall–Kier alpha value is -4.03. The van der Waals surface area contributed by atoms with Gasteiger partial charge in [-0.25, -0.2) is 4.98 Å². The fourth-order valence-electron chi connectivity index (χ4n) is 3.40. The lowest BCUT2D eigenvalue weighted by atomic mass is 10.2. The summed E-state index contributed by atoms with van der Waals surface area (Å²) in [4.78, 5) is 7.53. The van der Waals surface area contributed by atoms with E-state index in [-0.39, 0.29) is 17.9 Å². The van der Waals surface area contributed by atoms with Crippen LogP contribution in [-0.2, 0) is 13.2 Å². The molecule has 2 aromatic heterocycles. The minimum absolute atomic E-state index is 0.0859. The molecule has 2 N–H and O–H groups in total. The molecule has 2 aromatic carbocycles. The van der Waals surface area contributed by atoms with Gasteiger partial charge in [0.1, 0.15) is 29.8 Å². The molecule has 0 amide bonds. The number of aromatic amines is 1. The SMILES string of the molecule is C=CCn1c(COc2cccc(C)c2)nnc1SC(C)/C(O)=C(\C#N)c1nc2ccccc2[nH]1. The molecule has 0 radical (unpaired) electrons. The van der Waals surface area contributed by atoms with Crippen LogP contribution < -0.4 is 4.74 Å². The Labute approximate surface area is 201 Å². The lowest BCUT2D eigenvalue weighted by Crippen LogP contribution is -2.10. The molecule has 1 unspecified atom stereocenters. The van der Waals surface area contributed by atoms with Crippen LogP contribution in [-0.4, -0.2) is 35.1 Å². The predicted molar refractivity (Wildman–Crippen MR) is 132 cm³/mol. The number of imidazole rings is 1. The second kappa shape index (κ2) is 10.3. The van der Waals surface area contributed by atoms with E-state index in [2.05, 4.69) is 32.8 Å². The summed E-state index contributed by atoms with van der Waals surface area (Å²) in [7, 11) is 0. The summed E-state index contributed by atoms with van der Waals surface area (Å²) >= 11 is 1.29. The van der Waals surface area contributed by atoms with Crippen molar-refractivity contribution in [3.05, 3.63) is 84.2 Å². The molecule has 34 heavy (non-hydrogen) atoms.